The average molecular weight is 207 g/mol. The van der Waals surface area contributed by atoms with E-state index in [0.29, 0.717) is 0 Å². The second kappa shape index (κ2) is 3.55. The van der Waals surface area contributed by atoms with Crippen LogP contribution in [0.5, 0.6) is 0 Å². The number of hydrogen-bond donors (Lipinski definition) is 1. The zero-order chi connectivity index (χ0) is 9.14. The van der Waals surface area contributed by atoms with Gasteiger partial charge >= 0.3 is 0 Å². The Morgan fingerprint density at radius 2 is 1.83 bits per heavy atom. The molecule has 0 aromatic carbocycles. The maximum absolute atomic E-state index is 10.4. The minimum Gasteiger partial charge on any atom is -0.352 e. The molecule has 0 unspecified atom stereocenters. The van der Waals surface area contributed by atoms with Crippen LogP contribution in [0.1, 0.15) is 6.42 Å². The number of hydrogen-bond acceptors (Lipinski definition) is 4. The Kier molecular flexibility index (Phi) is 2.66. The molecule has 7 heteroatoms. The molecule has 1 heterocycles. The van der Waals surface area contributed by atoms with Gasteiger partial charge in [-0.2, -0.15) is 16.8 Å². The third kappa shape index (κ3) is 1.95. The molecular formula is C5H5NO4S2. The predicted octanol–water partition coefficient (Wildman–Crippen LogP) is -1.45. The quantitative estimate of drug-likeness (QED) is 0.492. The van der Waals surface area contributed by atoms with Crippen LogP contribution in [0.4, 0.5) is 0 Å². The molecule has 1 rings (SSSR count). The Balaban J connectivity index is 3.26. The van der Waals surface area contributed by atoms with E-state index in [9.17, 15) is 16.8 Å². The van der Waals surface area contributed by atoms with Crippen molar-refractivity contribution >= 4 is 30.4 Å². The van der Waals surface area contributed by atoms with Crippen LogP contribution in [0, 0.1) is 0 Å². The largest absolute Gasteiger partial charge is 0.352 e. The molecule has 0 aliphatic carbocycles. The summed E-state index contributed by atoms with van der Waals surface area (Å²) in [5.74, 6) is 0. The molecule has 0 aromatic rings. The fourth-order valence-electron chi connectivity index (χ4n) is 0.717. The predicted molar refractivity (Wildman–Crippen MR) is 44.7 cm³/mol. The lowest BCUT2D eigenvalue weighted by molar-refractivity contribution is 0.625. The fraction of sp³-hybridized carbons (Fsp3) is 0.200. The molecule has 1 aliphatic heterocycles. The van der Waals surface area contributed by atoms with E-state index in [1.165, 1.54) is 12.3 Å². The van der Waals surface area contributed by atoms with Crippen LogP contribution in [-0.2, 0) is 20.6 Å². The van der Waals surface area contributed by atoms with Gasteiger partial charge in [0.25, 0.3) is 0 Å². The molecule has 0 atom stereocenters. The highest BCUT2D eigenvalue weighted by molar-refractivity contribution is 7.75. The molecule has 12 heavy (non-hydrogen) atoms. The lowest BCUT2D eigenvalue weighted by Gasteiger charge is -2.05. The Morgan fingerprint density at radius 3 is 2.33 bits per heavy atom. The normalized spacial score (nSPS) is 15.7. The Hall–Kier alpha value is -1.08. The monoisotopic (exact) mass is 207 g/mol. The highest BCUT2D eigenvalue weighted by atomic mass is 32.2. The van der Waals surface area contributed by atoms with E-state index < -0.39 is 20.6 Å². The summed E-state index contributed by atoms with van der Waals surface area (Å²) in [5.41, 5.74) is 0. The maximum atomic E-state index is 10.4. The topological polar surface area (TPSA) is 80.3 Å². The average Bonchev–Trinajstić information content (AvgIpc) is 2.04. The minimum absolute atomic E-state index is 0.0308. The molecule has 1 N–H and O–H groups in total. The molecule has 5 nitrogen and oxygen atoms in total. The lowest BCUT2D eigenvalue weighted by Crippen LogP contribution is -2.26. The Labute approximate surface area is 71.8 Å². The van der Waals surface area contributed by atoms with Gasteiger partial charge < -0.3 is 5.32 Å². The standard InChI is InChI=1S/C5H5NO4S2/c7-11(8)4-1-2-6-5(3-4)12(9)10/h1-2,6H,3H2. The third-order valence-corrected chi connectivity index (χ3v) is 2.64. The molecular weight excluding hydrogens is 202 g/mol. The van der Waals surface area contributed by atoms with Gasteiger partial charge in [-0.05, 0) is 6.08 Å². The van der Waals surface area contributed by atoms with Crippen molar-refractivity contribution in [3.63, 3.8) is 0 Å². The minimum atomic E-state index is -2.38. The van der Waals surface area contributed by atoms with Gasteiger partial charge in [0.1, 0.15) is 4.99 Å². The summed E-state index contributed by atoms with van der Waals surface area (Å²) in [5, 5.41) is 2.43. The molecule has 0 bridgehead atoms. The number of allylic oxidation sites excluding steroid dienone is 1. The maximum Gasteiger partial charge on any atom is 0.234 e. The van der Waals surface area contributed by atoms with Crippen LogP contribution in [0.25, 0.3) is 0 Å². The van der Waals surface area contributed by atoms with Crippen LogP contribution in [0.2, 0.25) is 0 Å². The van der Waals surface area contributed by atoms with Crippen molar-refractivity contribution in [2.75, 3.05) is 0 Å². The smallest absolute Gasteiger partial charge is 0.234 e. The van der Waals surface area contributed by atoms with E-state index >= 15 is 0 Å². The van der Waals surface area contributed by atoms with Crippen LogP contribution in [0.3, 0.4) is 0 Å². The van der Waals surface area contributed by atoms with Crippen molar-refractivity contribution in [2.24, 2.45) is 0 Å². The zero-order valence-corrected chi connectivity index (χ0v) is 7.44. The summed E-state index contributed by atoms with van der Waals surface area (Å²) >= 11 is 0. The lowest BCUT2D eigenvalue weighted by atomic mass is 10.2. The van der Waals surface area contributed by atoms with Crippen molar-refractivity contribution in [3.8, 4) is 0 Å². The highest BCUT2D eigenvalue weighted by Crippen LogP contribution is 1.93. The summed E-state index contributed by atoms with van der Waals surface area (Å²) < 4.78 is 41.5. The second-order valence-corrected chi connectivity index (χ2v) is 3.97. The molecule has 0 amide bonds. The second-order valence-electron chi connectivity index (χ2n) is 2.01. The molecule has 0 saturated heterocycles. The van der Waals surface area contributed by atoms with Crippen molar-refractivity contribution in [3.05, 3.63) is 12.3 Å². The van der Waals surface area contributed by atoms with Crippen LogP contribution in [0.15, 0.2) is 12.3 Å². The molecule has 0 fully saturated rings. The molecule has 0 saturated carbocycles. The summed E-state index contributed by atoms with van der Waals surface area (Å²) in [6.45, 7) is 0. The highest BCUT2D eigenvalue weighted by Gasteiger charge is 2.09. The van der Waals surface area contributed by atoms with Gasteiger partial charge in [-0.3, -0.25) is 0 Å². The molecule has 66 valence electrons. The van der Waals surface area contributed by atoms with E-state index in [1.54, 1.807) is 0 Å². The third-order valence-electron chi connectivity index (χ3n) is 1.26. The number of rotatable bonds is 0. The van der Waals surface area contributed by atoms with Crippen molar-refractivity contribution in [1.29, 1.82) is 0 Å². The first-order valence-corrected chi connectivity index (χ1v) is 5.09. The van der Waals surface area contributed by atoms with Crippen LogP contribution < -0.4 is 5.32 Å². The summed E-state index contributed by atoms with van der Waals surface area (Å²) in [6, 6.07) is 0. The molecule has 0 aromatic heterocycles. The van der Waals surface area contributed by atoms with Gasteiger partial charge in [0.2, 0.25) is 20.6 Å². The molecule has 0 spiro atoms. The van der Waals surface area contributed by atoms with Gasteiger partial charge in [0.15, 0.2) is 0 Å². The van der Waals surface area contributed by atoms with E-state index in [4.69, 9.17) is 0 Å². The van der Waals surface area contributed by atoms with Gasteiger partial charge in [-0.15, -0.1) is 0 Å². The van der Waals surface area contributed by atoms with E-state index in [1.807, 2.05) is 0 Å². The van der Waals surface area contributed by atoms with E-state index in [2.05, 4.69) is 5.32 Å². The van der Waals surface area contributed by atoms with Crippen molar-refractivity contribution in [2.45, 2.75) is 6.42 Å². The summed E-state index contributed by atoms with van der Waals surface area (Å²) in [7, 11) is -4.72. The van der Waals surface area contributed by atoms with Gasteiger partial charge in [0.05, 0.1) is 4.86 Å². The Morgan fingerprint density at radius 1 is 1.17 bits per heavy atom. The number of nitrogens with one attached hydrogen (secondary N) is 1. The first-order chi connectivity index (χ1) is 5.61. The first-order valence-electron chi connectivity index (χ1n) is 2.94. The van der Waals surface area contributed by atoms with Gasteiger partial charge in [-0.1, -0.05) is 0 Å². The zero-order valence-electron chi connectivity index (χ0n) is 5.81. The molecule has 1 aliphatic rings. The van der Waals surface area contributed by atoms with E-state index in [-0.39, 0.29) is 16.3 Å². The van der Waals surface area contributed by atoms with Gasteiger partial charge in [0, 0.05) is 12.6 Å². The van der Waals surface area contributed by atoms with Crippen molar-refractivity contribution in [1.82, 2.24) is 5.32 Å². The van der Waals surface area contributed by atoms with Crippen LogP contribution in [-0.4, -0.2) is 26.7 Å². The fourth-order valence-corrected chi connectivity index (χ4v) is 1.69. The van der Waals surface area contributed by atoms with Gasteiger partial charge in [-0.25, -0.2) is 0 Å². The SMILES string of the molecule is O=S(=O)=C1C=CNC(=S(=O)=O)C1. The first kappa shape index (κ1) is 9.01. The van der Waals surface area contributed by atoms with E-state index in [0.717, 1.165) is 0 Å². The summed E-state index contributed by atoms with van der Waals surface area (Å²) in [4.78, 5) is 0.0321. The Bertz CT molecular complexity index is 464. The van der Waals surface area contributed by atoms with Crippen LogP contribution >= 0.6 is 0 Å². The van der Waals surface area contributed by atoms with Crippen molar-refractivity contribution < 1.29 is 16.8 Å². The summed E-state index contributed by atoms with van der Waals surface area (Å²) in [6.07, 6.45) is 2.50. The molecule has 0 radical (unpaired) electrons.